The van der Waals surface area contributed by atoms with Crippen molar-refractivity contribution in [3.05, 3.63) is 30.4 Å². The number of rotatable bonds is 2. The lowest BCUT2D eigenvalue weighted by atomic mass is 10.3. The van der Waals surface area contributed by atoms with Crippen molar-refractivity contribution in [2.45, 2.75) is 48.5 Å². The second kappa shape index (κ2) is 10.2. The highest BCUT2D eigenvalue weighted by Crippen LogP contribution is 2.12. The van der Waals surface area contributed by atoms with Gasteiger partial charge in [0.2, 0.25) is 0 Å². The lowest BCUT2D eigenvalue weighted by molar-refractivity contribution is 1.04. The van der Waals surface area contributed by atoms with Crippen LogP contribution < -0.4 is 0 Å². The van der Waals surface area contributed by atoms with Crippen LogP contribution in [0, 0.1) is 6.92 Å². The summed E-state index contributed by atoms with van der Waals surface area (Å²) < 4.78 is 2.03. The van der Waals surface area contributed by atoms with Crippen LogP contribution in [0.4, 0.5) is 0 Å². The number of imidazole rings is 1. The van der Waals surface area contributed by atoms with E-state index >= 15 is 0 Å². The predicted molar refractivity (Wildman–Crippen MR) is 75.4 cm³/mol. The van der Waals surface area contributed by atoms with Gasteiger partial charge in [0.25, 0.3) is 0 Å². The quantitative estimate of drug-likeness (QED) is 0.705. The van der Waals surface area contributed by atoms with E-state index in [0.717, 1.165) is 17.1 Å². The molecule has 2 nitrogen and oxygen atoms in total. The zero-order chi connectivity index (χ0) is 13.1. The molecular weight excluding hydrogens is 196 g/mol. The molecule has 0 aliphatic carbocycles. The van der Waals surface area contributed by atoms with Crippen molar-refractivity contribution < 1.29 is 0 Å². The Kier molecular flexibility index (Phi) is 10.9. The van der Waals surface area contributed by atoms with Crippen molar-refractivity contribution in [1.82, 2.24) is 9.55 Å². The van der Waals surface area contributed by atoms with Crippen LogP contribution in [0.3, 0.4) is 0 Å². The van der Waals surface area contributed by atoms with Crippen LogP contribution in [-0.2, 0) is 0 Å². The Morgan fingerprint density at radius 2 is 1.81 bits per heavy atom. The Hall–Kier alpha value is -1.31. The number of hydrogen-bond acceptors (Lipinski definition) is 1. The molecule has 0 saturated carbocycles. The molecule has 1 aromatic rings. The summed E-state index contributed by atoms with van der Waals surface area (Å²) in [7, 11) is 0. The fourth-order valence-corrected chi connectivity index (χ4v) is 1.10. The van der Waals surface area contributed by atoms with Crippen LogP contribution in [0.5, 0.6) is 0 Å². The number of aromatic nitrogens is 2. The van der Waals surface area contributed by atoms with Crippen LogP contribution in [0.15, 0.2) is 18.9 Å². The van der Waals surface area contributed by atoms with E-state index in [2.05, 4.69) is 11.6 Å². The Morgan fingerprint density at radius 1 is 1.31 bits per heavy atom. The average molecular weight is 222 g/mol. The highest BCUT2D eigenvalue weighted by Gasteiger charge is 2.03. The molecule has 0 atom stereocenters. The maximum Gasteiger partial charge on any atom is 0.139 e. The first-order valence-electron chi connectivity index (χ1n) is 5.99. The first-order valence-corrected chi connectivity index (χ1v) is 5.99. The maximum absolute atomic E-state index is 4.25. The van der Waals surface area contributed by atoms with E-state index < -0.39 is 0 Å². The Morgan fingerprint density at radius 3 is 2.19 bits per heavy atom. The summed E-state index contributed by atoms with van der Waals surface area (Å²) in [6.07, 6.45) is 5.83. The molecule has 92 valence electrons. The molecule has 0 spiro atoms. The summed E-state index contributed by atoms with van der Waals surface area (Å²) in [5, 5.41) is 0. The number of nitrogens with zero attached hydrogens (tertiary/aromatic N) is 2. The van der Waals surface area contributed by atoms with Gasteiger partial charge in [0.1, 0.15) is 5.82 Å². The SMILES string of the molecule is C=C(C)c1ncc(C)n1/C=C\C.CC.CC. The normalized spacial score (nSPS) is 8.94. The van der Waals surface area contributed by atoms with Gasteiger partial charge in [-0.2, -0.15) is 0 Å². The molecule has 1 aromatic heterocycles. The highest BCUT2D eigenvalue weighted by atomic mass is 15.1. The molecular formula is C14H26N2. The van der Waals surface area contributed by atoms with E-state index in [1.807, 2.05) is 71.5 Å². The van der Waals surface area contributed by atoms with Crippen LogP contribution >= 0.6 is 0 Å². The van der Waals surface area contributed by atoms with Gasteiger partial charge >= 0.3 is 0 Å². The van der Waals surface area contributed by atoms with Crippen LogP contribution in [0.2, 0.25) is 0 Å². The van der Waals surface area contributed by atoms with Gasteiger partial charge in [-0.1, -0.05) is 40.3 Å². The van der Waals surface area contributed by atoms with E-state index in [-0.39, 0.29) is 0 Å². The largest absolute Gasteiger partial charge is 0.305 e. The van der Waals surface area contributed by atoms with Gasteiger partial charge in [0.15, 0.2) is 0 Å². The fourth-order valence-electron chi connectivity index (χ4n) is 1.10. The molecule has 1 rings (SSSR count). The lowest BCUT2D eigenvalue weighted by Crippen LogP contribution is -1.94. The first kappa shape index (κ1) is 17.1. The molecule has 0 saturated heterocycles. The molecule has 0 aliphatic heterocycles. The van der Waals surface area contributed by atoms with Crippen molar-refractivity contribution in [2.75, 3.05) is 0 Å². The molecule has 0 aliphatic rings. The molecule has 0 aromatic carbocycles. The topological polar surface area (TPSA) is 17.8 Å². The van der Waals surface area contributed by atoms with Gasteiger partial charge in [-0.3, -0.25) is 0 Å². The van der Waals surface area contributed by atoms with Gasteiger partial charge in [-0.15, -0.1) is 0 Å². The van der Waals surface area contributed by atoms with Gasteiger partial charge in [-0.05, 0) is 26.3 Å². The van der Waals surface area contributed by atoms with Crippen molar-refractivity contribution in [1.29, 1.82) is 0 Å². The maximum atomic E-state index is 4.25. The molecule has 16 heavy (non-hydrogen) atoms. The van der Waals surface area contributed by atoms with Gasteiger partial charge < -0.3 is 4.57 Å². The molecule has 0 amide bonds. The zero-order valence-corrected chi connectivity index (χ0v) is 11.8. The first-order chi connectivity index (χ1) is 7.66. The van der Waals surface area contributed by atoms with E-state index in [1.165, 1.54) is 0 Å². The Bertz CT molecular complexity index is 319. The van der Waals surface area contributed by atoms with Gasteiger partial charge in [-0.25, -0.2) is 4.98 Å². The monoisotopic (exact) mass is 222 g/mol. The van der Waals surface area contributed by atoms with Crippen LogP contribution in [0.25, 0.3) is 11.8 Å². The highest BCUT2D eigenvalue weighted by molar-refractivity contribution is 5.57. The Balaban J connectivity index is 0. The predicted octanol–water partition coefficient (Wildman–Crippen LogP) is 4.77. The smallest absolute Gasteiger partial charge is 0.139 e. The summed E-state index contributed by atoms with van der Waals surface area (Å²) in [6.45, 7) is 17.8. The second-order valence-electron chi connectivity index (χ2n) is 2.86. The lowest BCUT2D eigenvalue weighted by Gasteiger charge is -2.02. The van der Waals surface area contributed by atoms with Crippen molar-refractivity contribution in [3.63, 3.8) is 0 Å². The summed E-state index contributed by atoms with van der Waals surface area (Å²) in [4.78, 5) is 4.25. The third-order valence-corrected chi connectivity index (χ3v) is 1.66. The standard InChI is InChI=1S/C10H14N2.2C2H6/c1-5-6-12-9(4)7-11-10(12)8(2)3;2*1-2/h5-7H,2H2,1,3-4H3;2*1-2H3/b6-5-;;. The molecule has 0 fully saturated rings. The van der Waals surface area contributed by atoms with Gasteiger partial charge in [0.05, 0.1) is 0 Å². The minimum absolute atomic E-state index is 0.936. The van der Waals surface area contributed by atoms with Crippen molar-refractivity contribution in [3.8, 4) is 0 Å². The third kappa shape index (κ3) is 4.96. The molecule has 2 heteroatoms. The summed E-state index contributed by atoms with van der Waals surface area (Å²) in [5.74, 6) is 0.936. The molecule has 0 bridgehead atoms. The van der Waals surface area contributed by atoms with Crippen LogP contribution in [0.1, 0.15) is 53.1 Å². The molecule has 0 unspecified atom stereocenters. The molecule has 1 heterocycles. The summed E-state index contributed by atoms with van der Waals surface area (Å²) >= 11 is 0. The van der Waals surface area contributed by atoms with Crippen LogP contribution in [-0.4, -0.2) is 9.55 Å². The summed E-state index contributed by atoms with van der Waals surface area (Å²) in [5.41, 5.74) is 2.12. The van der Waals surface area contributed by atoms with E-state index in [0.29, 0.717) is 0 Å². The van der Waals surface area contributed by atoms with Crippen molar-refractivity contribution in [2.24, 2.45) is 0 Å². The van der Waals surface area contributed by atoms with E-state index in [1.54, 1.807) is 0 Å². The van der Waals surface area contributed by atoms with E-state index in [4.69, 9.17) is 0 Å². The molecule has 0 N–H and O–H groups in total. The third-order valence-electron chi connectivity index (χ3n) is 1.66. The zero-order valence-electron chi connectivity index (χ0n) is 11.8. The van der Waals surface area contributed by atoms with Crippen molar-refractivity contribution >= 4 is 11.8 Å². The van der Waals surface area contributed by atoms with Gasteiger partial charge in [0, 0.05) is 18.1 Å². The number of hydrogen-bond donors (Lipinski definition) is 0. The van der Waals surface area contributed by atoms with E-state index in [9.17, 15) is 0 Å². The Labute approximate surface area is 101 Å². The minimum Gasteiger partial charge on any atom is -0.305 e. The fraction of sp³-hybridized carbons (Fsp3) is 0.500. The average Bonchev–Trinajstić information content (AvgIpc) is 2.67. The second-order valence-corrected chi connectivity index (χ2v) is 2.86. The summed E-state index contributed by atoms with van der Waals surface area (Å²) in [6, 6.07) is 0. The number of aryl methyl sites for hydroxylation is 1. The molecule has 0 radical (unpaired) electrons. The number of allylic oxidation sites excluding steroid dienone is 2. The minimum atomic E-state index is 0.936.